The Balaban J connectivity index is 1.95. The molecule has 1 aromatic heterocycles. The molecule has 0 saturated carbocycles. The molecule has 1 heterocycles. The third-order valence-corrected chi connectivity index (χ3v) is 3.52. The van der Waals surface area contributed by atoms with Gasteiger partial charge in [-0.15, -0.1) is 0 Å². The van der Waals surface area contributed by atoms with E-state index >= 15 is 0 Å². The normalized spacial score (nSPS) is 11.4. The number of benzene rings is 2. The molecule has 0 radical (unpaired) electrons. The number of nitrogens with zero attached hydrogens (tertiary/aromatic N) is 2. The predicted octanol–water partition coefficient (Wildman–Crippen LogP) is 3.36. The number of hydrogen-bond donors (Lipinski definition) is 0. The second kappa shape index (κ2) is 6.10. The Bertz CT molecular complexity index is 716. The van der Waals surface area contributed by atoms with E-state index in [4.69, 9.17) is 4.74 Å². The van der Waals surface area contributed by atoms with Crippen molar-refractivity contribution in [2.75, 3.05) is 0 Å². The standard InChI is InChI=1S/C18H21N2O/c1-15(2)21-14-20-13-19(12-16-8-4-3-5-9-16)17-10-6-7-11-18(17)20/h3-11,13,15H,12,14H2,1-2H3/q+1. The molecule has 0 saturated heterocycles. The highest BCUT2D eigenvalue weighted by atomic mass is 16.5. The van der Waals surface area contributed by atoms with Gasteiger partial charge in [-0.2, -0.15) is 0 Å². The smallest absolute Gasteiger partial charge is 0.246 e. The van der Waals surface area contributed by atoms with Gasteiger partial charge in [-0.05, 0) is 31.5 Å². The molecule has 0 amide bonds. The van der Waals surface area contributed by atoms with Crippen LogP contribution in [0.3, 0.4) is 0 Å². The highest BCUT2D eigenvalue weighted by Crippen LogP contribution is 2.12. The lowest BCUT2D eigenvalue weighted by Crippen LogP contribution is -2.32. The monoisotopic (exact) mass is 281 g/mol. The van der Waals surface area contributed by atoms with E-state index in [9.17, 15) is 0 Å². The van der Waals surface area contributed by atoms with Gasteiger partial charge in [-0.3, -0.25) is 0 Å². The van der Waals surface area contributed by atoms with E-state index in [1.165, 1.54) is 16.6 Å². The summed E-state index contributed by atoms with van der Waals surface area (Å²) in [5, 5.41) is 0. The van der Waals surface area contributed by atoms with Crippen molar-refractivity contribution in [2.45, 2.75) is 33.2 Å². The summed E-state index contributed by atoms with van der Waals surface area (Å²) in [6.07, 6.45) is 2.37. The van der Waals surface area contributed by atoms with Crippen molar-refractivity contribution in [3.05, 3.63) is 66.5 Å². The SMILES string of the molecule is CC(C)OCn1c[n+](Cc2ccccc2)c2ccccc21. The second-order valence-corrected chi connectivity index (χ2v) is 5.53. The molecule has 3 heteroatoms. The van der Waals surface area contributed by atoms with Gasteiger partial charge in [0, 0.05) is 0 Å². The lowest BCUT2D eigenvalue weighted by molar-refractivity contribution is -0.663. The van der Waals surface area contributed by atoms with Crippen LogP contribution in [-0.4, -0.2) is 10.7 Å². The fraction of sp³-hybridized carbons (Fsp3) is 0.278. The minimum absolute atomic E-state index is 0.230. The summed E-state index contributed by atoms with van der Waals surface area (Å²) in [7, 11) is 0. The first kappa shape index (κ1) is 13.8. The fourth-order valence-corrected chi connectivity index (χ4v) is 2.48. The van der Waals surface area contributed by atoms with Crippen LogP contribution in [0.5, 0.6) is 0 Å². The summed E-state index contributed by atoms with van der Waals surface area (Å²) in [4.78, 5) is 0. The average molecular weight is 281 g/mol. The van der Waals surface area contributed by atoms with Crippen molar-refractivity contribution in [3.63, 3.8) is 0 Å². The van der Waals surface area contributed by atoms with Crippen LogP contribution in [-0.2, 0) is 18.0 Å². The van der Waals surface area contributed by atoms with Gasteiger partial charge < -0.3 is 4.74 Å². The highest BCUT2D eigenvalue weighted by Gasteiger charge is 2.15. The molecule has 0 aliphatic rings. The fourth-order valence-electron chi connectivity index (χ4n) is 2.48. The Morgan fingerprint density at radius 3 is 2.48 bits per heavy atom. The van der Waals surface area contributed by atoms with Gasteiger partial charge in [0.25, 0.3) is 0 Å². The molecule has 0 N–H and O–H groups in total. The Morgan fingerprint density at radius 2 is 1.71 bits per heavy atom. The number of hydrogen-bond acceptors (Lipinski definition) is 1. The van der Waals surface area contributed by atoms with Gasteiger partial charge >= 0.3 is 0 Å². The third kappa shape index (κ3) is 3.14. The van der Waals surface area contributed by atoms with Crippen LogP contribution >= 0.6 is 0 Å². The van der Waals surface area contributed by atoms with Crippen molar-refractivity contribution in [2.24, 2.45) is 0 Å². The van der Waals surface area contributed by atoms with Crippen LogP contribution in [0.15, 0.2) is 60.9 Å². The first-order valence-corrected chi connectivity index (χ1v) is 7.37. The molecule has 0 aliphatic heterocycles. The molecular formula is C18H21N2O+. The Labute approximate surface area is 125 Å². The maximum Gasteiger partial charge on any atom is 0.246 e. The van der Waals surface area contributed by atoms with Crippen LogP contribution in [0.4, 0.5) is 0 Å². The van der Waals surface area contributed by atoms with Gasteiger partial charge in [0.05, 0.1) is 6.10 Å². The maximum absolute atomic E-state index is 5.75. The van der Waals surface area contributed by atoms with Gasteiger partial charge in [0.2, 0.25) is 6.33 Å². The highest BCUT2D eigenvalue weighted by molar-refractivity contribution is 5.71. The van der Waals surface area contributed by atoms with E-state index < -0.39 is 0 Å². The zero-order valence-electron chi connectivity index (χ0n) is 12.6. The van der Waals surface area contributed by atoms with Crippen LogP contribution in [0.2, 0.25) is 0 Å². The van der Waals surface area contributed by atoms with E-state index in [2.05, 4.69) is 77.8 Å². The zero-order chi connectivity index (χ0) is 14.7. The number of fused-ring (bicyclic) bond motifs is 1. The molecule has 3 aromatic rings. The summed E-state index contributed by atoms with van der Waals surface area (Å²) in [6.45, 7) is 5.57. The minimum atomic E-state index is 0.230. The quantitative estimate of drug-likeness (QED) is 0.656. The summed E-state index contributed by atoms with van der Waals surface area (Å²) in [6, 6.07) is 19.0. The summed E-state index contributed by atoms with van der Waals surface area (Å²) in [5.74, 6) is 0. The molecule has 21 heavy (non-hydrogen) atoms. The molecule has 2 aromatic carbocycles. The van der Waals surface area contributed by atoms with Crippen molar-refractivity contribution < 1.29 is 9.30 Å². The van der Waals surface area contributed by atoms with E-state index in [1.54, 1.807) is 0 Å². The van der Waals surface area contributed by atoms with Crippen LogP contribution in [0, 0.1) is 0 Å². The Hall–Kier alpha value is -2.13. The first-order chi connectivity index (χ1) is 10.2. The van der Waals surface area contributed by atoms with Crippen LogP contribution in [0.25, 0.3) is 11.0 Å². The van der Waals surface area contributed by atoms with Crippen LogP contribution in [0.1, 0.15) is 19.4 Å². The molecular weight excluding hydrogens is 260 g/mol. The zero-order valence-corrected chi connectivity index (χ0v) is 12.6. The van der Waals surface area contributed by atoms with Gasteiger partial charge in [0.15, 0.2) is 17.8 Å². The summed E-state index contributed by atoms with van der Waals surface area (Å²) >= 11 is 0. The van der Waals surface area contributed by atoms with E-state index in [1.807, 2.05) is 6.07 Å². The summed E-state index contributed by atoms with van der Waals surface area (Å²) in [5.41, 5.74) is 3.73. The lowest BCUT2D eigenvalue weighted by atomic mass is 10.2. The topological polar surface area (TPSA) is 18.0 Å². The summed E-state index contributed by atoms with van der Waals surface area (Å²) < 4.78 is 10.2. The largest absolute Gasteiger partial charge is 0.339 e. The van der Waals surface area contributed by atoms with Crippen molar-refractivity contribution in [1.82, 2.24) is 4.57 Å². The van der Waals surface area contributed by atoms with Crippen LogP contribution < -0.4 is 4.57 Å². The molecule has 3 rings (SSSR count). The molecule has 0 unspecified atom stereocenters. The molecule has 3 nitrogen and oxygen atoms in total. The molecule has 0 spiro atoms. The molecule has 0 atom stereocenters. The second-order valence-electron chi connectivity index (χ2n) is 5.53. The number of ether oxygens (including phenoxy) is 1. The molecule has 0 fully saturated rings. The number of imidazole rings is 1. The minimum Gasteiger partial charge on any atom is -0.339 e. The van der Waals surface area contributed by atoms with Crippen molar-refractivity contribution in [1.29, 1.82) is 0 Å². The number of aromatic nitrogens is 2. The van der Waals surface area contributed by atoms with E-state index in [0.717, 1.165) is 6.54 Å². The van der Waals surface area contributed by atoms with Gasteiger partial charge in [-0.25, -0.2) is 9.13 Å². The Kier molecular flexibility index (Phi) is 4.02. The third-order valence-electron chi connectivity index (χ3n) is 3.52. The van der Waals surface area contributed by atoms with Crippen molar-refractivity contribution >= 4 is 11.0 Å². The number of rotatable bonds is 5. The van der Waals surface area contributed by atoms with E-state index in [-0.39, 0.29) is 6.10 Å². The lowest BCUT2D eigenvalue weighted by Gasteiger charge is -2.04. The molecule has 108 valence electrons. The number of para-hydroxylation sites is 2. The first-order valence-electron chi connectivity index (χ1n) is 7.37. The van der Waals surface area contributed by atoms with Gasteiger partial charge in [0.1, 0.15) is 6.54 Å². The molecule has 0 aliphatic carbocycles. The Morgan fingerprint density at radius 1 is 1.00 bits per heavy atom. The van der Waals surface area contributed by atoms with Gasteiger partial charge in [-0.1, -0.05) is 42.5 Å². The maximum atomic E-state index is 5.75. The van der Waals surface area contributed by atoms with E-state index in [0.29, 0.717) is 6.73 Å². The van der Waals surface area contributed by atoms with Crippen molar-refractivity contribution in [3.8, 4) is 0 Å². The average Bonchev–Trinajstić information content (AvgIpc) is 2.85. The predicted molar refractivity (Wildman–Crippen MR) is 83.9 cm³/mol. The molecule has 0 bridgehead atoms.